The number of anilines is 4. The minimum absolute atomic E-state index is 0.0605. The number of carbonyl (C=O) groups excluding carboxylic acids is 4. The number of thiophene rings is 3. The molecule has 112 heavy (non-hydrogen) atoms. The van der Waals surface area contributed by atoms with E-state index in [1.807, 2.05) is 71.0 Å². The first-order chi connectivity index (χ1) is 54.8. The Labute approximate surface area is 701 Å². The molecule has 0 saturated carbocycles. The molecule has 0 spiro atoms. The second-order valence-corrected chi connectivity index (χ2v) is 49.8. The maximum atomic E-state index is 14.7. The number of fused-ring (bicyclic) bond motifs is 4. The van der Waals surface area contributed by atoms with Crippen LogP contribution < -0.4 is 22.5 Å². The number of carbonyl (C=O) groups is 4. The molecule has 7 heterocycles. The predicted octanol–water partition coefficient (Wildman–Crippen LogP) is 28.7. The molecule has 10 aromatic rings. The molecule has 0 fully saturated rings. The van der Waals surface area contributed by atoms with Gasteiger partial charge in [-0.15, -0.1) is 22.7 Å². The molecule has 0 N–H and O–H groups in total. The summed E-state index contributed by atoms with van der Waals surface area (Å²) in [6, 6.07) is 70.2. The summed E-state index contributed by atoms with van der Waals surface area (Å²) in [5.41, 5.74) is 15.2. The fourth-order valence-electron chi connectivity index (χ4n) is 16.4. The summed E-state index contributed by atoms with van der Waals surface area (Å²) in [5, 5.41) is 0. The van der Waals surface area contributed by atoms with Crippen molar-refractivity contribution in [3.05, 3.63) is 231 Å². The molecule has 4 aliphatic heterocycles. The third kappa shape index (κ3) is 19.6. The van der Waals surface area contributed by atoms with Crippen molar-refractivity contribution in [3.8, 4) is 52.2 Å². The average molecular weight is 1780 g/mol. The molecule has 14 heteroatoms. The number of hydrogen-bond donors (Lipinski definition) is 0. The monoisotopic (exact) mass is 1780 g/mol. The zero-order chi connectivity index (χ0) is 78.5. The number of hydrogen-bond acceptors (Lipinski definition) is 7. The van der Waals surface area contributed by atoms with Gasteiger partial charge in [0.05, 0.1) is 45.0 Å². The number of rotatable bonds is 35. The van der Waals surface area contributed by atoms with Crippen molar-refractivity contribution < 1.29 is 19.2 Å². The number of unbranched alkanes of at least 4 members (excludes halogenated alkanes) is 15. The van der Waals surface area contributed by atoms with Gasteiger partial charge in [-0.25, -0.2) is 0 Å². The van der Waals surface area contributed by atoms with Crippen molar-refractivity contribution >= 4 is 156 Å². The van der Waals surface area contributed by atoms with Crippen LogP contribution in [-0.4, -0.2) is 68.2 Å². The molecule has 4 amide bonds. The number of amides is 4. The van der Waals surface area contributed by atoms with E-state index in [1.54, 1.807) is 36.0 Å². The van der Waals surface area contributed by atoms with Gasteiger partial charge in [0.25, 0.3) is 23.6 Å². The van der Waals surface area contributed by atoms with Crippen molar-refractivity contribution in [2.45, 2.75) is 203 Å². The zero-order valence-electron chi connectivity index (χ0n) is 67.0. The standard InChI is InChI=1S/C48H46N2O2S2.C28H32Br2N2O2.C10H7S.3C4H9.Sn/c1-3-5-7-15-29-49-39-31-35(43-27-25-41(53-43)33-17-11-9-12-18-33)21-23-37(39)45(47(49)51)46-38-24-22-36(32-40(38)50(48(46)52)30-16-8-6-4-2)44-28-26-42(54-44)34-19-13-10-14-20-34;1-3-5-7-9-15-31-23-17-19(29)11-13-21(23)25(27(31)33)26-22-14-12-20(30)18-24(22)32(28(26)34)16-10-8-6-4-2;1-2-5-9(6-3-1)10-7-4-8-11-10;3*1-3-4-2;/h9-14,17-28,31-32H,3-8,15-16,29-30H2,1-2H3;11-14,17-18H,3-10,15-16H2,1-2H3;1-7H;3*1,3-4H2,2H3;/b46-45+;26-25+;;;;;. The summed E-state index contributed by atoms with van der Waals surface area (Å²) in [7, 11) is 0. The third-order valence-corrected chi connectivity index (χ3v) is 45.3. The normalized spacial score (nSPS) is 14.9. The summed E-state index contributed by atoms with van der Waals surface area (Å²) in [4.78, 5) is 71.0. The third-order valence-electron chi connectivity index (χ3n) is 22.5. The fraction of sp³-hybridized carbons (Fsp3) is 0.367. The molecule has 0 atom stereocenters. The van der Waals surface area contributed by atoms with Gasteiger partial charge in [0.15, 0.2) is 0 Å². The Morgan fingerprint density at radius 3 is 0.839 bits per heavy atom. The van der Waals surface area contributed by atoms with Crippen LogP contribution in [0.2, 0.25) is 13.3 Å². The van der Waals surface area contributed by atoms with E-state index in [-0.39, 0.29) is 23.6 Å². The van der Waals surface area contributed by atoms with Crippen LogP contribution in [0.25, 0.3) is 74.5 Å². The zero-order valence-corrected chi connectivity index (χ0v) is 75.4. The topological polar surface area (TPSA) is 81.2 Å². The fourth-order valence-corrected chi connectivity index (χ4v) is 39.2. The van der Waals surface area contributed by atoms with Gasteiger partial charge in [-0.05, 0) is 109 Å². The van der Waals surface area contributed by atoms with Crippen LogP contribution >= 0.6 is 65.9 Å². The van der Waals surface area contributed by atoms with E-state index in [1.165, 1.54) is 69.8 Å². The first kappa shape index (κ1) is 84.2. The van der Waals surface area contributed by atoms with Crippen LogP contribution in [-0.2, 0) is 19.2 Å². The van der Waals surface area contributed by atoms with Gasteiger partial charge in [0.2, 0.25) is 0 Å². The summed E-state index contributed by atoms with van der Waals surface area (Å²) in [6.45, 7) is 18.5. The van der Waals surface area contributed by atoms with E-state index in [0.717, 1.165) is 178 Å². The first-order valence-corrected chi connectivity index (χ1v) is 53.4. The second kappa shape index (κ2) is 41.4. The van der Waals surface area contributed by atoms with Crippen molar-refractivity contribution in [3.63, 3.8) is 0 Å². The average Bonchev–Trinajstić information content (AvgIpc) is 1.59. The van der Waals surface area contributed by atoms with E-state index < -0.39 is 18.4 Å². The van der Waals surface area contributed by atoms with Gasteiger partial charge in [-0.3, -0.25) is 19.2 Å². The summed E-state index contributed by atoms with van der Waals surface area (Å²) in [5.74, 6) is -0.247. The predicted molar refractivity (Wildman–Crippen MR) is 493 cm³/mol. The molecule has 0 unspecified atom stereocenters. The van der Waals surface area contributed by atoms with Crippen molar-refractivity contribution in [2.75, 3.05) is 45.8 Å². The van der Waals surface area contributed by atoms with Crippen molar-refractivity contribution in [2.24, 2.45) is 0 Å². The number of halogens is 2. The SMILES string of the molecule is CCCCCCN1C(=O)/C(=C2/C(=O)N(CCCCCC)c3cc(-c4ccc(-c5ccccc5)s4)ccc32)c2ccc(-c3ccc(-c4ccccc4)s3)cc21.CCCCCCN1C(=O)/C(=C2/C(=O)N(CCCCCC)c3cc(Br)ccc32)c2ccc(Br)cc21.CCC[CH2][Sn]([CH2]CCC)([CH2]CCC)[c]1ccc(-c2ccccc2)s1. The van der Waals surface area contributed by atoms with Crippen molar-refractivity contribution in [1.82, 2.24) is 0 Å². The summed E-state index contributed by atoms with van der Waals surface area (Å²) in [6.07, 6.45) is 25.6. The van der Waals surface area contributed by atoms with Gasteiger partial charge in [0, 0.05) is 76.9 Å². The van der Waals surface area contributed by atoms with E-state index >= 15 is 0 Å². The van der Waals surface area contributed by atoms with Crippen LogP contribution in [0, 0.1) is 0 Å². The molecule has 584 valence electrons. The van der Waals surface area contributed by atoms with Crippen molar-refractivity contribution in [1.29, 1.82) is 0 Å². The Hall–Kier alpha value is -7.24. The molecular weight excluding hydrogens is 1670 g/mol. The van der Waals surface area contributed by atoms with E-state index in [2.05, 4.69) is 243 Å². The van der Waals surface area contributed by atoms with E-state index in [9.17, 15) is 19.2 Å². The van der Waals surface area contributed by atoms with E-state index in [4.69, 9.17) is 0 Å². The van der Waals surface area contributed by atoms with Gasteiger partial charge < -0.3 is 19.6 Å². The Balaban J connectivity index is 0.000000171. The molecule has 3 aromatic heterocycles. The maximum absolute atomic E-state index is 14.7. The molecule has 8 nitrogen and oxygen atoms in total. The van der Waals surface area contributed by atoms with Gasteiger partial charge in [-0.2, -0.15) is 0 Å². The van der Waals surface area contributed by atoms with Gasteiger partial charge in [-0.1, -0.05) is 234 Å². The summed E-state index contributed by atoms with van der Waals surface area (Å²) >= 11 is 10.6. The molecule has 0 bridgehead atoms. The van der Waals surface area contributed by atoms with Crippen LogP contribution in [0.15, 0.2) is 209 Å². The first-order valence-electron chi connectivity index (χ1n) is 41.9. The Kier molecular flexibility index (Phi) is 31.1. The Morgan fingerprint density at radius 1 is 0.268 bits per heavy atom. The van der Waals surface area contributed by atoms with Crippen LogP contribution in [0.4, 0.5) is 22.7 Å². The van der Waals surface area contributed by atoms with E-state index in [0.29, 0.717) is 48.5 Å². The molecular formula is C98H112Br2N4O4S3Sn. The summed E-state index contributed by atoms with van der Waals surface area (Å²) < 4.78 is 8.42. The quantitative estimate of drug-likeness (QED) is 0.0225. The Morgan fingerprint density at radius 2 is 0.536 bits per heavy atom. The molecule has 4 aliphatic rings. The molecule has 0 aliphatic carbocycles. The second-order valence-electron chi connectivity index (χ2n) is 30.5. The molecule has 7 aromatic carbocycles. The van der Waals surface area contributed by atoms with Crippen LogP contribution in [0.3, 0.4) is 0 Å². The molecule has 0 saturated heterocycles. The number of nitrogens with zero attached hydrogens (tertiary/aromatic N) is 4. The minimum atomic E-state index is -2.22. The van der Waals surface area contributed by atoms with Gasteiger partial charge >= 0.3 is 158 Å². The number of benzene rings is 7. The van der Waals surface area contributed by atoms with Gasteiger partial charge in [0.1, 0.15) is 0 Å². The van der Waals surface area contributed by atoms with Crippen LogP contribution in [0.5, 0.6) is 0 Å². The van der Waals surface area contributed by atoms with Crippen LogP contribution in [0.1, 0.15) is 212 Å². The Bertz CT molecular complexity index is 4630. The molecule has 0 radical (unpaired) electrons. The molecule has 14 rings (SSSR count).